The van der Waals surface area contributed by atoms with Gasteiger partial charge >= 0.3 is 6.03 Å². The number of rotatable bonds is 5. The second-order valence-electron chi connectivity index (χ2n) is 4.70. The molecule has 0 radical (unpaired) electrons. The minimum Gasteiger partial charge on any atom is -0.333 e. The van der Waals surface area contributed by atoms with Crippen molar-refractivity contribution in [2.24, 2.45) is 5.84 Å². The molecule has 126 valence electrons. The molecule has 0 saturated carbocycles. The molecule has 0 unspecified atom stereocenters. The van der Waals surface area contributed by atoms with Gasteiger partial charge in [0.15, 0.2) is 5.13 Å². The van der Waals surface area contributed by atoms with Crippen molar-refractivity contribution in [2.45, 2.75) is 13.5 Å². The highest BCUT2D eigenvalue weighted by atomic mass is 32.1. The SMILES string of the molecule is CC(=O)Nc1nc(C(=O)Nc2ccc(CNC(=O)NN)cc2)cs1. The third-order valence-electron chi connectivity index (χ3n) is 2.82. The number of hydrogen-bond acceptors (Lipinski definition) is 6. The summed E-state index contributed by atoms with van der Waals surface area (Å²) in [4.78, 5) is 38.1. The molecule has 0 aliphatic carbocycles. The minimum atomic E-state index is -0.481. The second-order valence-corrected chi connectivity index (χ2v) is 5.56. The van der Waals surface area contributed by atoms with Crippen LogP contribution in [0.4, 0.5) is 15.6 Å². The van der Waals surface area contributed by atoms with Crippen LogP contribution in [0.3, 0.4) is 0 Å². The van der Waals surface area contributed by atoms with Crippen molar-refractivity contribution in [1.82, 2.24) is 15.7 Å². The summed E-state index contributed by atoms with van der Waals surface area (Å²) in [5.74, 6) is 4.34. The number of amides is 4. The van der Waals surface area contributed by atoms with E-state index in [1.165, 1.54) is 18.3 Å². The molecule has 6 N–H and O–H groups in total. The summed E-state index contributed by atoms with van der Waals surface area (Å²) in [5, 5.41) is 9.70. The molecular formula is C14H16N6O3S. The van der Waals surface area contributed by atoms with Gasteiger partial charge in [0.2, 0.25) is 5.91 Å². The third-order valence-corrected chi connectivity index (χ3v) is 3.57. The number of carbonyl (C=O) groups excluding carboxylic acids is 3. The maximum absolute atomic E-state index is 12.1. The van der Waals surface area contributed by atoms with Gasteiger partial charge in [-0.1, -0.05) is 12.1 Å². The first kappa shape index (κ1) is 17.4. The molecule has 0 saturated heterocycles. The van der Waals surface area contributed by atoms with Gasteiger partial charge in [-0.15, -0.1) is 11.3 Å². The Labute approximate surface area is 141 Å². The van der Waals surface area contributed by atoms with Gasteiger partial charge in [-0.25, -0.2) is 15.6 Å². The van der Waals surface area contributed by atoms with Gasteiger partial charge in [0.05, 0.1) is 0 Å². The van der Waals surface area contributed by atoms with E-state index in [4.69, 9.17) is 5.84 Å². The summed E-state index contributed by atoms with van der Waals surface area (Å²) in [6, 6.07) is 6.45. The van der Waals surface area contributed by atoms with Crippen LogP contribution in [0.15, 0.2) is 29.6 Å². The molecule has 0 spiro atoms. The van der Waals surface area contributed by atoms with Crippen LogP contribution in [0.25, 0.3) is 0 Å². The molecule has 0 bridgehead atoms. The molecular weight excluding hydrogens is 332 g/mol. The van der Waals surface area contributed by atoms with E-state index < -0.39 is 6.03 Å². The Morgan fingerprint density at radius 2 is 1.88 bits per heavy atom. The van der Waals surface area contributed by atoms with E-state index >= 15 is 0 Å². The molecule has 0 aliphatic heterocycles. The highest BCUT2D eigenvalue weighted by Gasteiger charge is 2.11. The van der Waals surface area contributed by atoms with Crippen molar-refractivity contribution in [2.75, 3.05) is 10.6 Å². The number of benzene rings is 1. The predicted octanol–water partition coefficient (Wildman–Crippen LogP) is 1.03. The van der Waals surface area contributed by atoms with Crippen molar-refractivity contribution in [3.8, 4) is 0 Å². The Morgan fingerprint density at radius 3 is 2.50 bits per heavy atom. The van der Waals surface area contributed by atoms with Crippen LogP contribution >= 0.6 is 11.3 Å². The van der Waals surface area contributed by atoms with Gasteiger partial charge in [0.25, 0.3) is 5.91 Å². The van der Waals surface area contributed by atoms with Crippen molar-refractivity contribution in [3.63, 3.8) is 0 Å². The quantitative estimate of drug-likeness (QED) is 0.312. The average molecular weight is 348 g/mol. The first-order valence-corrected chi connectivity index (χ1v) is 7.73. The summed E-state index contributed by atoms with van der Waals surface area (Å²) in [6.07, 6.45) is 0. The van der Waals surface area contributed by atoms with Crippen molar-refractivity contribution in [3.05, 3.63) is 40.9 Å². The standard InChI is InChI=1S/C14H16N6O3S/c1-8(21)17-14-19-11(7-24-14)12(22)18-10-4-2-9(3-5-10)6-16-13(23)20-15/h2-5,7H,6,15H2,1H3,(H,18,22)(H2,16,20,23)(H,17,19,21). The number of nitrogens with two attached hydrogens (primary N) is 1. The molecule has 24 heavy (non-hydrogen) atoms. The molecule has 2 rings (SSSR count). The third kappa shape index (κ3) is 5.04. The van der Waals surface area contributed by atoms with Gasteiger partial charge in [0.1, 0.15) is 5.69 Å². The van der Waals surface area contributed by atoms with E-state index in [1.54, 1.807) is 29.6 Å². The van der Waals surface area contributed by atoms with Crippen LogP contribution in [0.5, 0.6) is 0 Å². The van der Waals surface area contributed by atoms with E-state index in [0.717, 1.165) is 5.56 Å². The first-order valence-electron chi connectivity index (χ1n) is 6.86. The topological polar surface area (TPSA) is 138 Å². The lowest BCUT2D eigenvalue weighted by atomic mass is 10.2. The molecule has 1 heterocycles. The summed E-state index contributed by atoms with van der Waals surface area (Å²) in [6.45, 7) is 1.68. The van der Waals surface area contributed by atoms with E-state index in [0.29, 0.717) is 17.4 Å². The van der Waals surface area contributed by atoms with Crippen molar-refractivity contribution >= 4 is 40.0 Å². The largest absolute Gasteiger partial charge is 0.333 e. The summed E-state index contributed by atoms with van der Waals surface area (Å²) in [5.41, 5.74) is 3.61. The fourth-order valence-corrected chi connectivity index (χ4v) is 2.46. The Kier molecular flexibility index (Phi) is 5.82. The number of nitrogens with zero attached hydrogens (tertiary/aromatic N) is 1. The van der Waals surface area contributed by atoms with E-state index in [1.807, 2.05) is 5.43 Å². The van der Waals surface area contributed by atoms with Crippen LogP contribution in [0.1, 0.15) is 23.0 Å². The van der Waals surface area contributed by atoms with Crippen LogP contribution in [-0.4, -0.2) is 22.8 Å². The fourth-order valence-electron chi connectivity index (χ4n) is 1.72. The van der Waals surface area contributed by atoms with Crippen molar-refractivity contribution < 1.29 is 14.4 Å². The molecule has 0 atom stereocenters. The number of urea groups is 1. The van der Waals surface area contributed by atoms with Crippen LogP contribution in [0, 0.1) is 0 Å². The number of anilines is 2. The van der Waals surface area contributed by atoms with Gasteiger partial charge < -0.3 is 16.0 Å². The second kappa shape index (κ2) is 8.04. The number of nitrogens with one attached hydrogen (secondary N) is 4. The number of aromatic nitrogens is 1. The summed E-state index contributed by atoms with van der Waals surface area (Å²) >= 11 is 1.17. The summed E-state index contributed by atoms with van der Waals surface area (Å²) < 4.78 is 0. The Hall–Kier alpha value is -2.98. The molecule has 10 heteroatoms. The minimum absolute atomic E-state index is 0.217. The maximum Gasteiger partial charge on any atom is 0.329 e. The zero-order valence-corrected chi connectivity index (χ0v) is 13.6. The Bertz CT molecular complexity index is 743. The Morgan fingerprint density at radius 1 is 1.17 bits per heavy atom. The summed E-state index contributed by atoms with van der Waals surface area (Å²) in [7, 11) is 0. The molecule has 1 aromatic heterocycles. The molecule has 2 aromatic rings. The van der Waals surface area contributed by atoms with Crippen LogP contribution in [-0.2, 0) is 11.3 Å². The number of thiazole rings is 1. The maximum atomic E-state index is 12.1. The zero-order valence-electron chi connectivity index (χ0n) is 12.8. The molecule has 0 fully saturated rings. The molecule has 0 aliphatic rings. The van der Waals surface area contributed by atoms with Crippen molar-refractivity contribution in [1.29, 1.82) is 0 Å². The average Bonchev–Trinajstić information content (AvgIpc) is 3.01. The monoisotopic (exact) mass is 348 g/mol. The normalized spacial score (nSPS) is 9.92. The lowest BCUT2D eigenvalue weighted by Gasteiger charge is -2.06. The molecule has 1 aromatic carbocycles. The fraction of sp³-hybridized carbons (Fsp3) is 0.143. The van der Waals surface area contributed by atoms with Gasteiger partial charge in [0, 0.05) is 24.5 Å². The highest BCUT2D eigenvalue weighted by Crippen LogP contribution is 2.17. The Balaban J connectivity index is 1.93. The van der Waals surface area contributed by atoms with Crippen LogP contribution < -0.4 is 27.2 Å². The van der Waals surface area contributed by atoms with Gasteiger partial charge in [-0.3, -0.25) is 15.0 Å². The van der Waals surface area contributed by atoms with Gasteiger partial charge in [-0.2, -0.15) is 0 Å². The highest BCUT2D eigenvalue weighted by molar-refractivity contribution is 7.14. The van der Waals surface area contributed by atoms with E-state index in [9.17, 15) is 14.4 Å². The first-order chi connectivity index (χ1) is 11.5. The number of carbonyl (C=O) groups is 3. The lowest BCUT2D eigenvalue weighted by Crippen LogP contribution is -2.39. The lowest BCUT2D eigenvalue weighted by molar-refractivity contribution is -0.114. The molecule has 9 nitrogen and oxygen atoms in total. The van der Waals surface area contributed by atoms with E-state index in [2.05, 4.69) is 20.9 Å². The smallest absolute Gasteiger partial charge is 0.329 e. The number of hydrazine groups is 1. The molecule has 4 amide bonds. The van der Waals surface area contributed by atoms with Crippen LogP contribution in [0.2, 0.25) is 0 Å². The van der Waals surface area contributed by atoms with E-state index in [-0.39, 0.29) is 17.5 Å². The predicted molar refractivity (Wildman–Crippen MR) is 90.4 cm³/mol. The number of hydrogen-bond donors (Lipinski definition) is 5. The zero-order chi connectivity index (χ0) is 17.5. The van der Waals surface area contributed by atoms with Gasteiger partial charge in [-0.05, 0) is 17.7 Å².